The van der Waals surface area contributed by atoms with Crippen molar-refractivity contribution in [2.75, 3.05) is 0 Å². The molecule has 0 aromatic carbocycles. The van der Waals surface area contributed by atoms with Crippen molar-refractivity contribution in [3.63, 3.8) is 0 Å². The van der Waals surface area contributed by atoms with Gasteiger partial charge in [0.15, 0.2) is 0 Å². The average molecular weight is 360 g/mol. The van der Waals surface area contributed by atoms with E-state index in [0.717, 1.165) is 14.0 Å². The first kappa shape index (κ1) is 14.4. The van der Waals surface area contributed by atoms with Gasteiger partial charge in [0.1, 0.15) is 0 Å². The van der Waals surface area contributed by atoms with Crippen molar-refractivity contribution in [3.8, 4) is 0 Å². The zero-order valence-corrected chi connectivity index (χ0v) is 9.46. The Bertz CT molecular complexity index is 174. The minimum absolute atomic E-state index is 0.859. The summed E-state index contributed by atoms with van der Waals surface area (Å²) in [5.41, 5.74) is 0. The summed E-state index contributed by atoms with van der Waals surface area (Å²) >= 11 is -7.27. The summed E-state index contributed by atoms with van der Waals surface area (Å²) in [4.78, 5) is 0. The minimum atomic E-state index is -8.12. The van der Waals surface area contributed by atoms with Crippen LogP contribution in [-0.2, 0) is 0 Å². The summed E-state index contributed by atoms with van der Waals surface area (Å²) in [5.74, 6) is 0. The van der Waals surface area contributed by atoms with Gasteiger partial charge in [-0.25, -0.2) is 0 Å². The van der Waals surface area contributed by atoms with E-state index in [9.17, 15) is 39.5 Å². The van der Waals surface area contributed by atoms with Crippen molar-refractivity contribution in [3.05, 3.63) is 0 Å². The molecule has 0 aromatic heterocycles. The monoisotopic (exact) mass is 360 g/mol. The Balaban J connectivity index is 5.54. The Morgan fingerprint density at radius 2 is 0.714 bits per heavy atom. The second-order valence-corrected chi connectivity index (χ2v) is 14.7. The maximum atomic E-state index is 11.7. The normalized spacial score (nSPS) is 15.9. The Morgan fingerprint density at radius 1 is 0.571 bits per heavy atom. The molecule has 0 aromatic rings. The van der Waals surface area contributed by atoms with E-state index in [1.807, 2.05) is 0 Å². The Labute approximate surface area is 80.4 Å². The SMILES string of the molecule is F[C](F)(F)[Ge]([Br])([C](F)(F)F)[C](F)(F)F. The maximum absolute atomic E-state index is 11.7. The molecule has 14 heavy (non-hydrogen) atoms. The summed E-state index contributed by atoms with van der Waals surface area (Å²) in [7, 11) is 0. The zero-order valence-electron chi connectivity index (χ0n) is 5.78. The molecule has 11 heteroatoms. The van der Waals surface area contributed by atoms with Crippen molar-refractivity contribution in [1.29, 1.82) is 0 Å². The van der Waals surface area contributed by atoms with E-state index in [1.165, 1.54) is 0 Å². The molecule has 0 nitrogen and oxygen atoms in total. The zero-order chi connectivity index (χ0) is 12.0. The fourth-order valence-electron chi connectivity index (χ4n) is 0.482. The van der Waals surface area contributed by atoms with Gasteiger partial charge in [-0.05, 0) is 0 Å². The van der Waals surface area contributed by atoms with Crippen LogP contribution in [0.5, 0.6) is 0 Å². The molecular formula is C3BrF9Ge. The van der Waals surface area contributed by atoms with Crippen LogP contribution < -0.4 is 0 Å². The molecule has 0 fully saturated rings. The second kappa shape index (κ2) is 3.46. The van der Waals surface area contributed by atoms with Gasteiger partial charge in [-0.2, -0.15) is 0 Å². The van der Waals surface area contributed by atoms with Crippen LogP contribution in [0.1, 0.15) is 0 Å². The molecule has 0 amide bonds. The van der Waals surface area contributed by atoms with E-state index in [2.05, 4.69) is 0 Å². The van der Waals surface area contributed by atoms with Gasteiger partial charge in [-0.3, -0.25) is 0 Å². The fraction of sp³-hybridized carbons (Fsp3) is 1.00. The molecule has 0 N–H and O–H groups in total. The van der Waals surface area contributed by atoms with Crippen LogP contribution in [-0.4, -0.2) is 26.5 Å². The van der Waals surface area contributed by atoms with Gasteiger partial charge in [0, 0.05) is 0 Å². The number of halogens is 10. The number of rotatable bonds is 0. The fourth-order valence-corrected chi connectivity index (χ4v) is 2.51. The van der Waals surface area contributed by atoms with E-state index in [-0.39, 0.29) is 0 Å². The van der Waals surface area contributed by atoms with Crippen LogP contribution in [0.25, 0.3) is 0 Å². The van der Waals surface area contributed by atoms with Gasteiger partial charge in [0.05, 0.1) is 0 Å². The molecule has 0 rings (SSSR count). The first-order chi connectivity index (χ1) is 5.75. The van der Waals surface area contributed by atoms with Gasteiger partial charge in [0.25, 0.3) is 0 Å². The standard InChI is InChI=1S/C3BrF9Ge/c4-14(1(5,6)7,2(8,9)10)3(11,12)13. The summed E-state index contributed by atoms with van der Waals surface area (Å²) in [6.45, 7) is 0. The van der Waals surface area contributed by atoms with Crippen molar-refractivity contribution in [1.82, 2.24) is 0 Å². The number of hydrogen-bond donors (Lipinski definition) is 0. The third kappa shape index (κ3) is 2.14. The molecule has 0 heterocycles. The number of alkyl halides is 9. The van der Waals surface area contributed by atoms with Crippen molar-refractivity contribution < 1.29 is 39.5 Å². The summed E-state index contributed by atoms with van der Waals surface area (Å²) in [6, 6.07) is 0. The second-order valence-electron chi connectivity index (χ2n) is 2.15. The molecule has 0 atom stereocenters. The topological polar surface area (TPSA) is 0 Å². The Morgan fingerprint density at radius 3 is 0.714 bits per heavy atom. The molecule has 0 saturated heterocycles. The van der Waals surface area contributed by atoms with E-state index in [1.54, 1.807) is 0 Å². The summed E-state index contributed by atoms with van der Waals surface area (Å²) in [6.07, 6.45) is 0. The van der Waals surface area contributed by atoms with Crippen LogP contribution in [0.15, 0.2) is 0 Å². The van der Waals surface area contributed by atoms with Crippen molar-refractivity contribution >= 4 is 25.4 Å². The van der Waals surface area contributed by atoms with E-state index in [4.69, 9.17) is 0 Å². The molecule has 0 bridgehead atoms. The number of hydrogen-bond acceptors (Lipinski definition) is 0. The van der Waals surface area contributed by atoms with Crippen LogP contribution >= 0.6 is 14.0 Å². The molecule has 0 unspecified atom stereocenters. The molecule has 0 spiro atoms. The van der Waals surface area contributed by atoms with Crippen molar-refractivity contribution in [2.24, 2.45) is 0 Å². The molecular weight excluding hydrogens is 360 g/mol. The summed E-state index contributed by atoms with van der Waals surface area (Å²) in [5, 5.41) is -19.0. The first-order valence-electron chi connectivity index (χ1n) is 2.64. The van der Waals surface area contributed by atoms with Crippen LogP contribution in [0.2, 0.25) is 0 Å². The van der Waals surface area contributed by atoms with E-state index in [0.29, 0.717) is 0 Å². The van der Waals surface area contributed by atoms with Gasteiger partial charge < -0.3 is 0 Å². The van der Waals surface area contributed by atoms with E-state index < -0.39 is 26.5 Å². The van der Waals surface area contributed by atoms with Gasteiger partial charge in [0.2, 0.25) is 0 Å². The van der Waals surface area contributed by atoms with Crippen LogP contribution in [0.4, 0.5) is 39.5 Å². The van der Waals surface area contributed by atoms with Crippen molar-refractivity contribution in [2.45, 2.75) is 15.0 Å². The molecule has 0 aliphatic rings. The molecule has 0 saturated carbocycles. The first-order valence-corrected chi connectivity index (χ1v) is 10.7. The Kier molecular flexibility index (Phi) is 3.55. The summed E-state index contributed by atoms with van der Waals surface area (Å²) < 4.78 is 105. The van der Waals surface area contributed by atoms with Crippen LogP contribution in [0.3, 0.4) is 0 Å². The predicted octanol–water partition coefficient (Wildman–Crippen LogP) is 3.63. The Hall–Kier alpha value is 0.393. The third-order valence-corrected chi connectivity index (χ3v) is 13.1. The molecule has 0 radical (unpaired) electrons. The average Bonchev–Trinajstić information content (AvgIpc) is 1.77. The quantitative estimate of drug-likeness (QED) is 0.458. The molecule has 0 aliphatic carbocycles. The third-order valence-electron chi connectivity index (χ3n) is 1.17. The van der Waals surface area contributed by atoms with Crippen LogP contribution in [0, 0.1) is 0 Å². The van der Waals surface area contributed by atoms with Gasteiger partial charge in [-0.15, -0.1) is 0 Å². The van der Waals surface area contributed by atoms with Gasteiger partial charge in [-0.1, -0.05) is 0 Å². The molecule has 86 valence electrons. The van der Waals surface area contributed by atoms with E-state index >= 15 is 0 Å². The molecule has 0 aliphatic heterocycles. The predicted molar refractivity (Wildman–Crippen MR) is 32.8 cm³/mol. The van der Waals surface area contributed by atoms with Gasteiger partial charge >= 0.3 is 80.0 Å².